The largest absolute Gasteiger partial charge is 0.481 e. The Balaban J connectivity index is 6.06. The smallest absolute Gasteiger partial charge is 0.305 e. The Morgan fingerprint density at radius 2 is 1.35 bits per heavy atom. The van der Waals surface area contributed by atoms with Gasteiger partial charge in [-0.1, -0.05) is 39.3 Å². The summed E-state index contributed by atoms with van der Waals surface area (Å²) in [5, 5.41) is 9.55. The maximum Gasteiger partial charge on any atom is 0.305 e. The lowest BCUT2D eigenvalue weighted by molar-refractivity contribution is -0.138. The van der Waals surface area contributed by atoms with Crippen LogP contribution in [0.2, 0.25) is 43.9 Å². The normalized spacial score (nSPS) is 14.8. The topological polar surface area (TPSA) is 91.7 Å². The molecule has 0 fully saturated rings. The molecule has 2 N–H and O–H groups in total. The van der Waals surface area contributed by atoms with E-state index in [1.807, 2.05) is 39.3 Å². The van der Waals surface area contributed by atoms with E-state index < -0.39 is 42.6 Å². The second-order valence-corrected chi connectivity index (χ2v) is 19.1. The first-order valence-electron chi connectivity index (χ1n) is 5.34. The molecule has 8 heteroatoms. The van der Waals surface area contributed by atoms with E-state index in [2.05, 4.69) is 0 Å². The molecule has 0 amide bonds. The molecule has 0 aliphatic heterocycles. The third-order valence-corrected chi connectivity index (χ3v) is 15.0. The Kier molecular flexibility index (Phi) is 4.44. The highest BCUT2D eigenvalue weighted by Gasteiger charge is 2.60. The molecule has 0 radical (unpaired) electrons. The highest BCUT2D eigenvalue weighted by molar-refractivity contribution is 7.86. The number of aliphatic carboxylic acids is 1. The average molecular weight is 299 g/mol. The lowest BCUT2D eigenvalue weighted by atomic mass is 10.4. The van der Waals surface area contributed by atoms with Gasteiger partial charge in [-0.3, -0.25) is 9.35 Å². The van der Waals surface area contributed by atoms with Crippen molar-refractivity contribution in [1.29, 1.82) is 0 Å². The van der Waals surface area contributed by atoms with Gasteiger partial charge in [-0.15, -0.1) is 0 Å². The van der Waals surface area contributed by atoms with Crippen molar-refractivity contribution in [3.05, 3.63) is 0 Å². The predicted octanol–water partition coefficient (Wildman–Crippen LogP) is 1.91. The SMILES string of the molecule is C[Si](C)(C)C(CS(=O)(=O)O)(C(=O)O)[Si](C)(C)C. The molecule has 0 rings (SSSR count). The molecule has 0 aliphatic carbocycles. The average Bonchev–Trinajstić information content (AvgIpc) is 1.92. The van der Waals surface area contributed by atoms with Crippen molar-refractivity contribution < 1.29 is 22.9 Å². The van der Waals surface area contributed by atoms with Crippen LogP contribution in [-0.2, 0) is 14.9 Å². The molecule has 0 aliphatic rings. The highest BCUT2D eigenvalue weighted by atomic mass is 32.2. The van der Waals surface area contributed by atoms with Gasteiger partial charge in [-0.25, -0.2) is 0 Å². The van der Waals surface area contributed by atoms with Crippen LogP contribution in [-0.4, -0.2) is 45.9 Å². The van der Waals surface area contributed by atoms with Crippen LogP contribution in [0.4, 0.5) is 0 Å². The first-order chi connectivity index (χ1) is 7.15. The molecule has 0 atom stereocenters. The van der Waals surface area contributed by atoms with Crippen LogP contribution in [0.5, 0.6) is 0 Å². The monoisotopic (exact) mass is 298 g/mol. The number of carbonyl (C=O) groups is 1. The second-order valence-electron chi connectivity index (χ2n) is 6.44. The first kappa shape index (κ1) is 16.8. The fraction of sp³-hybridized carbons (Fsp3) is 0.889. The van der Waals surface area contributed by atoms with Gasteiger partial charge in [0.15, 0.2) is 0 Å². The summed E-state index contributed by atoms with van der Waals surface area (Å²) < 4.78 is 30.2. The van der Waals surface area contributed by atoms with Crippen molar-refractivity contribution in [2.24, 2.45) is 0 Å². The Hall–Kier alpha value is -0.186. The van der Waals surface area contributed by atoms with E-state index in [1.165, 1.54) is 0 Å². The minimum atomic E-state index is -4.30. The molecule has 0 aromatic rings. The Labute approximate surface area is 105 Å². The van der Waals surface area contributed by atoms with Crippen molar-refractivity contribution in [1.82, 2.24) is 0 Å². The molecule has 17 heavy (non-hydrogen) atoms. The van der Waals surface area contributed by atoms with Crippen LogP contribution in [0.25, 0.3) is 0 Å². The molecule has 5 nitrogen and oxygen atoms in total. The maximum atomic E-state index is 11.7. The van der Waals surface area contributed by atoms with Gasteiger partial charge in [0.25, 0.3) is 10.1 Å². The quantitative estimate of drug-likeness (QED) is 0.597. The van der Waals surface area contributed by atoms with Crippen LogP contribution < -0.4 is 0 Å². The Morgan fingerprint density at radius 1 is 1.06 bits per heavy atom. The number of hydrogen-bond donors (Lipinski definition) is 2. The number of rotatable bonds is 5. The van der Waals surface area contributed by atoms with E-state index in [4.69, 9.17) is 4.55 Å². The zero-order valence-corrected chi connectivity index (χ0v) is 14.1. The van der Waals surface area contributed by atoms with Gasteiger partial charge in [0.2, 0.25) is 0 Å². The van der Waals surface area contributed by atoms with E-state index in [9.17, 15) is 18.3 Å². The molecule has 0 aromatic carbocycles. The van der Waals surface area contributed by atoms with Gasteiger partial charge >= 0.3 is 5.97 Å². The molecular formula is C9H22O5SSi2. The van der Waals surface area contributed by atoms with Crippen LogP contribution in [0.1, 0.15) is 0 Å². The number of hydrogen-bond acceptors (Lipinski definition) is 3. The summed E-state index contributed by atoms with van der Waals surface area (Å²) in [5.74, 6) is -1.76. The Morgan fingerprint density at radius 3 is 1.41 bits per heavy atom. The fourth-order valence-electron chi connectivity index (χ4n) is 2.53. The number of carboxylic acids is 1. The molecule has 102 valence electrons. The molecule has 0 unspecified atom stereocenters. The van der Waals surface area contributed by atoms with Crippen molar-refractivity contribution >= 4 is 32.2 Å². The van der Waals surface area contributed by atoms with E-state index in [0.717, 1.165) is 0 Å². The second kappa shape index (κ2) is 4.49. The summed E-state index contributed by atoms with van der Waals surface area (Å²) in [6.07, 6.45) is 0. The van der Waals surface area contributed by atoms with Crippen molar-refractivity contribution in [2.45, 2.75) is 43.9 Å². The summed E-state index contributed by atoms with van der Waals surface area (Å²) >= 11 is 0. The standard InChI is InChI=1S/C9H22O5SSi2/c1-16(2,3)9(8(10)11,17(4,5)6)7-15(12,13)14/h7H2,1-6H3,(H,10,11)(H,12,13,14). The summed E-state index contributed by atoms with van der Waals surface area (Å²) in [7, 11) is -8.95. The summed E-state index contributed by atoms with van der Waals surface area (Å²) in [4.78, 5) is 11.7. The van der Waals surface area contributed by atoms with Gasteiger partial charge in [0.05, 0.1) is 26.6 Å². The minimum Gasteiger partial charge on any atom is -0.481 e. The predicted molar refractivity (Wildman–Crippen MR) is 73.4 cm³/mol. The van der Waals surface area contributed by atoms with Gasteiger partial charge in [-0.05, 0) is 0 Å². The first-order valence-corrected chi connectivity index (χ1v) is 13.9. The highest BCUT2D eigenvalue weighted by Crippen LogP contribution is 2.47. The molecule has 0 bridgehead atoms. The lowest BCUT2D eigenvalue weighted by Gasteiger charge is -2.47. The van der Waals surface area contributed by atoms with Gasteiger partial charge in [0, 0.05) is 0 Å². The third-order valence-electron chi connectivity index (χ3n) is 3.32. The van der Waals surface area contributed by atoms with Gasteiger partial charge < -0.3 is 5.11 Å². The van der Waals surface area contributed by atoms with E-state index in [-0.39, 0.29) is 0 Å². The molecular weight excluding hydrogens is 276 g/mol. The summed E-state index contributed by atoms with van der Waals surface area (Å²) in [6.45, 7) is 11.0. The molecule has 0 spiro atoms. The number of carboxylic acid groups (broad SMARTS) is 1. The van der Waals surface area contributed by atoms with E-state index in [0.29, 0.717) is 0 Å². The van der Waals surface area contributed by atoms with Crippen LogP contribution in [0.3, 0.4) is 0 Å². The van der Waals surface area contributed by atoms with Crippen LogP contribution in [0, 0.1) is 0 Å². The van der Waals surface area contributed by atoms with E-state index >= 15 is 0 Å². The molecule has 0 heterocycles. The van der Waals surface area contributed by atoms with Gasteiger partial charge in [0.1, 0.15) is 0 Å². The Bertz CT molecular complexity index is 388. The molecule has 0 saturated heterocycles. The molecule has 0 aromatic heterocycles. The van der Waals surface area contributed by atoms with Crippen molar-refractivity contribution in [3.63, 3.8) is 0 Å². The zero-order valence-electron chi connectivity index (χ0n) is 11.2. The van der Waals surface area contributed by atoms with Crippen LogP contribution in [0.15, 0.2) is 0 Å². The zero-order chi connectivity index (χ0) is 14.3. The summed E-state index contributed by atoms with van der Waals surface area (Å²) in [6, 6.07) is 0. The minimum absolute atomic E-state index is 0.666. The molecule has 0 saturated carbocycles. The van der Waals surface area contributed by atoms with E-state index in [1.54, 1.807) is 0 Å². The van der Waals surface area contributed by atoms with Crippen molar-refractivity contribution in [2.75, 3.05) is 5.75 Å². The van der Waals surface area contributed by atoms with Crippen molar-refractivity contribution in [3.8, 4) is 0 Å². The maximum absolute atomic E-state index is 11.7. The van der Waals surface area contributed by atoms with Gasteiger partial charge in [-0.2, -0.15) is 8.42 Å². The third kappa shape index (κ3) is 3.39. The summed E-state index contributed by atoms with van der Waals surface area (Å²) in [5.41, 5.74) is 0. The fourth-order valence-corrected chi connectivity index (χ4v) is 18.0. The lowest BCUT2D eigenvalue weighted by Crippen LogP contribution is -2.61. The van der Waals surface area contributed by atoms with Crippen LogP contribution >= 0.6 is 0 Å².